The van der Waals surface area contributed by atoms with Crippen molar-refractivity contribution >= 4 is 31.4 Å². The molecule has 0 amide bonds. The van der Waals surface area contributed by atoms with Crippen LogP contribution in [-0.4, -0.2) is 36.4 Å². The molecule has 4 aromatic rings. The molecular formula is C28H30O6S. The van der Waals surface area contributed by atoms with Crippen molar-refractivity contribution < 1.29 is 27.4 Å². The Morgan fingerprint density at radius 3 is 2.03 bits per heavy atom. The third-order valence-corrected chi connectivity index (χ3v) is 7.91. The van der Waals surface area contributed by atoms with Gasteiger partial charge in [0.1, 0.15) is 4.90 Å². The fourth-order valence-corrected chi connectivity index (χ4v) is 5.91. The molecule has 0 N–H and O–H groups in total. The van der Waals surface area contributed by atoms with Crippen LogP contribution in [0, 0.1) is 6.92 Å². The van der Waals surface area contributed by atoms with Gasteiger partial charge < -0.3 is 18.9 Å². The van der Waals surface area contributed by atoms with E-state index in [1.807, 2.05) is 37.3 Å². The summed E-state index contributed by atoms with van der Waals surface area (Å²) in [5.74, 6) is 1.47. The summed E-state index contributed by atoms with van der Waals surface area (Å²) < 4.78 is 51.6. The normalized spacial score (nSPS) is 11.6. The van der Waals surface area contributed by atoms with Crippen LogP contribution >= 0.6 is 0 Å². The summed E-state index contributed by atoms with van der Waals surface area (Å²) in [5.41, 5.74) is 0.977. The Kier molecular flexibility index (Phi) is 7.08. The highest BCUT2D eigenvalue weighted by Crippen LogP contribution is 2.52. The molecule has 4 rings (SSSR count). The monoisotopic (exact) mass is 494 g/mol. The number of unbranched alkanes of at least 4 members (excludes halogenated alkanes) is 1. The summed E-state index contributed by atoms with van der Waals surface area (Å²) >= 11 is 0. The van der Waals surface area contributed by atoms with Gasteiger partial charge in [0.25, 0.3) is 0 Å². The van der Waals surface area contributed by atoms with E-state index in [0.29, 0.717) is 34.6 Å². The van der Waals surface area contributed by atoms with E-state index >= 15 is 0 Å². The summed E-state index contributed by atoms with van der Waals surface area (Å²) in [6.07, 6.45) is 1.67. The fraction of sp³-hybridized carbons (Fsp3) is 0.286. The average Bonchev–Trinajstić information content (AvgIpc) is 2.87. The van der Waals surface area contributed by atoms with E-state index in [1.54, 1.807) is 31.4 Å². The first-order valence-electron chi connectivity index (χ1n) is 11.5. The van der Waals surface area contributed by atoms with Crippen molar-refractivity contribution in [2.24, 2.45) is 0 Å². The standard InChI is InChI=1S/C28H30O6S/c1-6-7-16-34-27-24-22(17-23(31-3)25(32-4)26(24)33-5)20-10-8-9-11-21(20)28(27)35(29,30)19-14-12-18(2)13-15-19/h8-15,17H,6-7,16H2,1-5H3. The number of ether oxygens (including phenoxy) is 4. The maximum atomic E-state index is 14.2. The molecule has 7 heteroatoms. The van der Waals surface area contributed by atoms with Crippen molar-refractivity contribution in [1.29, 1.82) is 0 Å². The van der Waals surface area contributed by atoms with Gasteiger partial charge in [0, 0.05) is 10.8 Å². The topological polar surface area (TPSA) is 71.1 Å². The lowest BCUT2D eigenvalue weighted by Gasteiger charge is -2.22. The second-order valence-corrected chi connectivity index (χ2v) is 10.2. The van der Waals surface area contributed by atoms with Crippen LogP contribution in [0.1, 0.15) is 25.3 Å². The number of sulfone groups is 1. The van der Waals surface area contributed by atoms with Crippen molar-refractivity contribution in [3.8, 4) is 23.0 Å². The molecule has 0 aromatic heterocycles. The lowest BCUT2D eigenvalue weighted by Crippen LogP contribution is -2.09. The van der Waals surface area contributed by atoms with Crippen molar-refractivity contribution in [3.05, 3.63) is 60.2 Å². The smallest absolute Gasteiger partial charge is 0.210 e. The molecule has 0 atom stereocenters. The van der Waals surface area contributed by atoms with Crippen LogP contribution in [0.2, 0.25) is 0 Å². The maximum Gasteiger partial charge on any atom is 0.210 e. The number of benzene rings is 4. The lowest BCUT2D eigenvalue weighted by molar-refractivity contribution is 0.302. The zero-order valence-corrected chi connectivity index (χ0v) is 21.5. The number of methoxy groups -OCH3 is 3. The molecule has 0 bridgehead atoms. The molecule has 0 radical (unpaired) electrons. The minimum absolute atomic E-state index is 0.117. The largest absolute Gasteiger partial charge is 0.493 e. The second-order valence-electron chi connectivity index (χ2n) is 8.29. The van der Waals surface area contributed by atoms with Gasteiger partial charge in [-0.3, -0.25) is 0 Å². The number of hydrogen-bond acceptors (Lipinski definition) is 6. The van der Waals surface area contributed by atoms with Gasteiger partial charge in [-0.25, -0.2) is 8.42 Å². The summed E-state index contributed by atoms with van der Waals surface area (Å²) in [6.45, 7) is 4.34. The molecule has 0 aliphatic heterocycles. The van der Waals surface area contributed by atoms with Crippen LogP contribution in [0.4, 0.5) is 0 Å². The van der Waals surface area contributed by atoms with Crippen LogP contribution in [0.3, 0.4) is 0 Å². The molecule has 6 nitrogen and oxygen atoms in total. The summed E-state index contributed by atoms with van der Waals surface area (Å²) in [6, 6.07) is 16.1. The zero-order chi connectivity index (χ0) is 25.2. The molecule has 0 heterocycles. The highest BCUT2D eigenvalue weighted by atomic mass is 32.2. The average molecular weight is 495 g/mol. The Balaban J connectivity index is 2.23. The Morgan fingerprint density at radius 2 is 1.43 bits per heavy atom. The third-order valence-electron chi connectivity index (χ3n) is 6.07. The zero-order valence-electron chi connectivity index (χ0n) is 20.7. The number of fused-ring (bicyclic) bond motifs is 3. The predicted molar refractivity (Wildman–Crippen MR) is 138 cm³/mol. The van der Waals surface area contributed by atoms with Gasteiger partial charge in [0.15, 0.2) is 17.2 Å². The first kappa shape index (κ1) is 24.7. The second kappa shape index (κ2) is 10.0. The molecule has 4 aromatic carbocycles. The van der Waals surface area contributed by atoms with Crippen molar-refractivity contribution in [1.82, 2.24) is 0 Å². The molecule has 0 aliphatic rings. The van der Waals surface area contributed by atoms with E-state index < -0.39 is 9.84 Å². The quantitative estimate of drug-likeness (QED) is 0.200. The molecule has 0 fully saturated rings. The van der Waals surface area contributed by atoms with Gasteiger partial charge in [-0.05, 0) is 36.9 Å². The van der Waals surface area contributed by atoms with Gasteiger partial charge >= 0.3 is 0 Å². The van der Waals surface area contributed by atoms with Gasteiger partial charge in [0.2, 0.25) is 15.6 Å². The van der Waals surface area contributed by atoms with Crippen molar-refractivity contribution in [2.45, 2.75) is 36.5 Å². The summed E-state index contributed by atoms with van der Waals surface area (Å²) in [7, 11) is 0.648. The first-order valence-corrected chi connectivity index (χ1v) is 13.0. The molecule has 0 unspecified atom stereocenters. The highest BCUT2D eigenvalue weighted by molar-refractivity contribution is 7.91. The van der Waals surface area contributed by atoms with Crippen LogP contribution in [-0.2, 0) is 9.84 Å². The summed E-state index contributed by atoms with van der Waals surface area (Å²) in [5, 5.41) is 2.60. The van der Waals surface area contributed by atoms with Crippen LogP contribution in [0.5, 0.6) is 23.0 Å². The van der Waals surface area contributed by atoms with E-state index in [1.165, 1.54) is 14.2 Å². The number of aryl methyl sites for hydroxylation is 1. The third kappa shape index (κ3) is 4.25. The first-order chi connectivity index (χ1) is 16.9. The Hall–Kier alpha value is -3.45. The Bertz CT molecular complexity index is 1470. The highest BCUT2D eigenvalue weighted by Gasteiger charge is 2.31. The number of rotatable bonds is 9. The van der Waals surface area contributed by atoms with Gasteiger partial charge in [-0.2, -0.15) is 0 Å². The maximum absolute atomic E-state index is 14.2. The summed E-state index contributed by atoms with van der Waals surface area (Å²) in [4.78, 5) is 0.318. The minimum atomic E-state index is -3.95. The Morgan fingerprint density at radius 1 is 0.771 bits per heavy atom. The van der Waals surface area contributed by atoms with Crippen LogP contribution in [0.25, 0.3) is 21.5 Å². The van der Waals surface area contributed by atoms with Gasteiger partial charge in [0.05, 0.1) is 38.2 Å². The molecular weight excluding hydrogens is 464 g/mol. The van der Waals surface area contributed by atoms with Crippen molar-refractivity contribution in [2.75, 3.05) is 27.9 Å². The van der Waals surface area contributed by atoms with E-state index in [2.05, 4.69) is 6.92 Å². The Labute approximate surface area is 206 Å². The van der Waals surface area contributed by atoms with Crippen LogP contribution < -0.4 is 18.9 Å². The molecule has 184 valence electrons. The predicted octanol–water partition coefficient (Wildman–Crippen LogP) is 6.34. The van der Waals surface area contributed by atoms with Gasteiger partial charge in [-0.1, -0.05) is 55.3 Å². The van der Waals surface area contributed by atoms with E-state index in [-0.39, 0.29) is 15.5 Å². The molecule has 0 saturated carbocycles. The van der Waals surface area contributed by atoms with Crippen LogP contribution in [0.15, 0.2) is 64.4 Å². The number of hydrogen-bond donors (Lipinski definition) is 0. The lowest BCUT2D eigenvalue weighted by atomic mass is 9.99. The fourth-order valence-electron chi connectivity index (χ4n) is 4.30. The van der Waals surface area contributed by atoms with Crippen molar-refractivity contribution in [3.63, 3.8) is 0 Å². The minimum Gasteiger partial charge on any atom is -0.493 e. The van der Waals surface area contributed by atoms with E-state index in [4.69, 9.17) is 18.9 Å². The molecule has 0 saturated heterocycles. The van der Waals surface area contributed by atoms with E-state index in [9.17, 15) is 8.42 Å². The van der Waals surface area contributed by atoms with Gasteiger partial charge in [-0.15, -0.1) is 0 Å². The van der Waals surface area contributed by atoms with E-state index in [0.717, 1.165) is 29.2 Å². The molecule has 35 heavy (non-hydrogen) atoms. The molecule has 0 spiro atoms. The molecule has 0 aliphatic carbocycles. The SMILES string of the molecule is CCCCOc1c(S(=O)(=O)c2ccc(C)cc2)c2ccccc2c2cc(OC)c(OC)c(OC)c12.